The fourth-order valence-corrected chi connectivity index (χ4v) is 3.05. The van der Waals surface area contributed by atoms with Gasteiger partial charge in [-0.1, -0.05) is 54.1 Å². The first-order chi connectivity index (χ1) is 9.47. The molecular weight excluding hydrogens is 363 g/mol. The third-order valence-electron chi connectivity index (χ3n) is 3.93. The summed E-state index contributed by atoms with van der Waals surface area (Å²) in [6, 6.07) is 12.6. The van der Waals surface area contributed by atoms with Gasteiger partial charge < -0.3 is 29.9 Å². The smallest absolute Gasteiger partial charge is 1.00 e. The van der Waals surface area contributed by atoms with Gasteiger partial charge in [-0.15, -0.1) is 0 Å². The van der Waals surface area contributed by atoms with Crippen LogP contribution < -0.4 is 24.8 Å². The molecule has 0 aliphatic heterocycles. The first-order valence-electron chi connectivity index (χ1n) is 7.09. The average Bonchev–Trinajstić information content (AvgIpc) is 2.83. The van der Waals surface area contributed by atoms with Crippen LogP contribution in [0.4, 0.5) is 0 Å². The molecule has 4 heteroatoms. The third-order valence-corrected chi connectivity index (χ3v) is 3.93. The van der Waals surface area contributed by atoms with Crippen LogP contribution in [0.3, 0.4) is 0 Å². The van der Waals surface area contributed by atoms with Crippen molar-refractivity contribution in [3.05, 3.63) is 65.3 Å². The van der Waals surface area contributed by atoms with Gasteiger partial charge in [0, 0.05) is 0 Å². The number of rotatable bonds is 2. The average molecular weight is 383 g/mol. The molecule has 0 radical (unpaired) electrons. The standard InChI is InChI=1S/C19H20O.2ClH.Ti/c1-13-8-9-15(12-13)17-11-10-14-6-4-5-7-16(14)18(17)19(2,3)20;;;/h4-8,10-12,20H,9H2,1-3H3;2*1H;/q;;;+2/p-2. The molecule has 0 amide bonds. The Morgan fingerprint density at radius 3 is 2.22 bits per heavy atom. The summed E-state index contributed by atoms with van der Waals surface area (Å²) < 4.78 is 0. The number of aliphatic hydroxyl groups is 1. The van der Waals surface area contributed by atoms with Crippen LogP contribution in [0.25, 0.3) is 16.3 Å². The summed E-state index contributed by atoms with van der Waals surface area (Å²) in [6.07, 6.45) is 5.41. The molecule has 23 heavy (non-hydrogen) atoms. The van der Waals surface area contributed by atoms with Gasteiger partial charge in [-0.25, -0.2) is 0 Å². The molecule has 0 saturated carbocycles. The van der Waals surface area contributed by atoms with E-state index in [1.165, 1.54) is 22.1 Å². The summed E-state index contributed by atoms with van der Waals surface area (Å²) in [5, 5.41) is 13.0. The Kier molecular flexibility index (Phi) is 8.30. The van der Waals surface area contributed by atoms with Crippen LogP contribution in [0.2, 0.25) is 0 Å². The number of allylic oxidation sites excluding steroid dienone is 4. The molecule has 120 valence electrons. The van der Waals surface area contributed by atoms with E-state index >= 15 is 0 Å². The summed E-state index contributed by atoms with van der Waals surface area (Å²) in [5.41, 5.74) is 3.95. The van der Waals surface area contributed by atoms with Crippen molar-refractivity contribution in [1.82, 2.24) is 0 Å². The van der Waals surface area contributed by atoms with E-state index in [0.717, 1.165) is 17.4 Å². The van der Waals surface area contributed by atoms with Gasteiger partial charge in [0.2, 0.25) is 0 Å². The van der Waals surface area contributed by atoms with Crippen molar-refractivity contribution in [1.29, 1.82) is 0 Å². The summed E-state index contributed by atoms with van der Waals surface area (Å²) in [6.45, 7) is 5.86. The first kappa shape index (κ1) is 22.4. The van der Waals surface area contributed by atoms with Crippen LogP contribution in [0.15, 0.2) is 54.1 Å². The second-order valence-electron chi connectivity index (χ2n) is 6.09. The van der Waals surface area contributed by atoms with Crippen molar-refractivity contribution >= 4 is 16.3 Å². The van der Waals surface area contributed by atoms with Crippen molar-refractivity contribution in [3.8, 4) is 0 Å². The van der Waals surface area contributed by atoms with Crippen LogP contribution in [0, 0.1) is 0 Å². The van der Waals surface area contributed by atoms with Crippen LogP contribution in [-0.2, 0) is 27.3 Å². The zero-order valence-corrected chi connectivity index (χ0v) is 16.6. The van der Waals surface area contributed by atoms with E-state index in [-0.39, 0.29) is 46.5 Å². The SMILES string of the molecule is CC1=CCC(c2ccc3ccccc3c2C(C)(C)O)=C1.[Cl-].[Cl-].[Ti+2]. The summed E-state index contributed by atoms with van der Waals surface area (Å²) in [7, 11) is 0. The Morgan fingerprint density at radius 2 is 1.65 bits per heavy atom. The maximum absolute atomic E-state index is 10.6. The van der Waals surface area contributed by atoms with Gasteiger partial charge in [-0.05, 0) is 54.7 Å². The van der Waals surface area contributed by atoms with Gasteiger partial charge in [0.05, 0.1) is 5.60 Å². The second kappa shape index (κ2) is 8.51. The molecule has 0 atom stereocenters. The Labute approximate surface area is 165 Å². The quantitative estimate of drug-likeness (QED) is 0.647. The van der Waals surface area contributed by atoms with E-state index < -0.39 is 5.60 Å². The van der Waals surface area contributed by atoms with Gasteiger partial charge in [0.1, 0.15) is 0 Å². The van der Waals surface area contributed by atoms with E-state index in [0.29, 0.717) is 0 Å². The molecular formula is C19H20Cl2OTi. The largest absolute Gasteiger partial charge is 2.00 e. The molecule has 2 aromatic rings. The molecule has 0 bridgehead atoms. The van der Waals surface area contributed by atoms with Crippen LogP contribution in [0.1, 0.15) is 38.3 Å². The Bertz CT molecular complexity index is 743. The minimum absolute atomic E-state index is 0. The Morgan fingerprint density at radius 1 is 1.00 bits per heavy atom. The van der Waals surface area contributed by atoms with Crippen LogP contribution in [0.5, 0.6) is 0 Å². The Hall–Kier alpha value is -0.566. The fourth-order valence-electron chi connectivity index (χ4n) is 3.05. The fraction of sp³-hybridized carbons (Fsp3) is 0.263. The summed E-state index contributed by atoms with van der Waals surface area (Å²) in [4.78, 5) is 0. The topological polar surface area (TPSA) is 20.2 Å². The van der Waals surface area contributed by atoms with E-state index in [1.54, 1.807) is 0 Å². The maximum atomic E-state index is 10.6. The molecule has 2 aromatic carbocycles. The molecule has 3 rings (SSSR count). The first-order valence-corrected chi connectivity index (χ1v) is 7.09. The summed E-state index contributed by atoms with van der Waals surface area (Å²) >= 11 is 0. The van der Waals surface area contributed by atoms with Gasteiger partial charge in [0.25, 0.3) is 0 Å². The van der Waals surface area contributed by atoms with Crippen molar-refractivity contribution in [3.63, 3.8) is 0 Å². The molecule has 0 spiro atoms. The minimum Gasteiger partial charge on any atom is -1.00 e. The van der Waals surface area contributed by atoms with E-state index in [4.69, 9.17) is 0 Å². The zero-order valence-electron chi connectivity index (χ0n) is 13.5. The molecule has 0 saturated heterocycles. The molecule has 1 aliphatic rings. The van der Waals surface area contributed by atoms with Gasteiger partial charge in [0.15, 0.2) is 0 Å². The molecule has 0 heterocycles. The van der Waals surface area contributed by atoms with Crippen molar-refractivity contribution in [2.45, 2.75) is 32.8 Å². The number of benzene rings is 2. The van der Waals surface area contributed by atoms with Crippen molar-refractivity contribution in [2.24, 2.45) is 0 Å². The van der Waals surface area contributed by atoms with Gasteiger partial charge in [-0.3, -0.25) is 0 Å². The minimum atomic E-state index is -0.854. The van der Waals surface area contributed by atoms with Crippen LogP contribution in [-0.4, -0.2) is 5.11 Å². The number of hydrogen-bond donors (Lipinski definition) is 1. The predicted molar refractivity (Wildman–Crippen MR) is 85.5 cm³/mol. The monoisotopic (exact) mass is 382 g/mol. The van der Waals surface area contributed by atoms with E-state index in [1.807, 2.05) is 26.0 Å². The molecule has 1 nitrogen and oxygen atoms in total. The number of halogens is 2. The van der Waals surface area contributed by atoms with Crippen LogP contribution >= 0.6 is 0 Å². The molecule has 1 aliphatic carbocycles. The summed E-state index contributed by atoms with van der Waals surface area (Å²) in [5.74, 6) is 0. The predicted octanol–water partition coefficient (Wildman–Crippen LogP) is -1.19. The molecule has 0 unspecified atom stereocenters. The molecule has 1 N–H and O–H groups in total. The maximum Gasteiger partial charge on any atom is 2.00 e. The van der Waals surface area contributed by atoms with Crippen molar-refractivity contribution in [2.75, 3.05) is 0 Å². The van der Waals surface area contributed by atoms with E-state index in [2.05, 4.69) is 43.3 Å². The second-order valence-corrected chi connectivity index (χ2v) is 6.09. The van der Waals surface area contributed by atoms with E-state index in [9.17, 15) is 5.11 Å². The number of hydrogen-bond acceptors (Lipinski definition) is 1. The van der Waals surface area contributed by atoms with Gasteiger partial charge in [-0.2, -0.15) is 0 Å². The molecule has 0 aromatic heterocycles. The van der Waals surface area contributed by atoms with Gasteiger partial charge >= 0.3 is 21.7 Å². The number of fused-ring (bicyclic) bond motifs is 1. The normalized spacial score (nSPS) is 13.4. The zero-order chi connectivity index (χ0) is 14.3. The third kappa shape index (κ3) is 4.50. The molecule has 0 fully saturated rings. The Balaban J connectivity index is 0.00000161. The van der Waals surface area contributed by atoms with Crippen molar-refractivity contribution < 1.29 is 51.6 Å².